The molecule has 206 valence electrons. The van der Waals surface area contributed by atoms with Gasteiger partial charge in [0.1, 0.15) is 11.6 Å². The van der Waals surface area contributed by atoms with E-state index in [4.69, 9.17) is 21.6 Å². The number of halogens is 2. The monoisotopic (exact) mass is 558 g/mol. The summed E-state index contributed by atoms with van der Waals surface area (Å²) in [5.74, 6) is 0.100. The summed E-state index contributed by atoms with van der Waals surface area (Å²) in [7, 11) is 0. The van der Waals surface area contributed by atoms with Gasteiger partial charge in [-0.05, 0) is 48.7 Å². The van der Waals surface area contributed by atoms with Gasteiger partial charge in [0.25, 0.3) is 0 Å². The highest BCUT2D eigenvalue weighted by atomic mass is 35.5. The second-order valence-corrected chi connectivity index (χ2v) is 10.5. The van der Waals surface area contributed by atoms with Crippen molar-refractivity contribution in [3.05, 3.63) is 89.3 Å². The van der Waals surface area contributed by atoms with Gasteiger partial charge < -0.3 is 14.9 Å². The zero-order valence-corrected chi connectivity index (χ0v) is 23.5. The molecule has 40 heavy (non-hydrogen) atoms. The Balaban J connectivity index is 1.79. The first kappa shape index (κ1) is 27.7. The number of carbonyl (C=O) groups excluding carboxylic acids is 1. The third-order valence-electron chi connectivity index (χ3n) is 7.45. The zero-order valence-electron chi connectivity index (χ0n) is 22.7. The predicted octanol–water partition coefficient (Wildman–Crippen LogP) is 6.42. The lowest BCUT2D eigenvalue weighted by molar-refractivity contribution is -0.126. The van der Waals surface area contributed by atoms with Gasteiger partial charge in [-0.3, -0.25) is 4.79 Å². The maximum absolute atomic E-state index is 14.9. The largest absolute Gasteiger partial charge is 0.390 e. The fraction of sp³-hybridized carbons (Fsp3) is 0.281. The number of aliphatic hydroxyl groups is 1. The van der Waals surface area contributed by atoms with Crippen LogP contribution in [0.4, 0.5) is 10.2 Å². The van der Waals surface area contributed by atoms with Crippen molar-refractivity contribution in [2.75, 3.05) is 24.5 Å². The maximum atomic E-state index is 14.9. The SMILES string of the molecule is C=CC(=O)N1CCN(c2nc(CO)c(-c3ccccc3CCC)c3nc(-c4ccccc4F)c(Cl)cc23)[C@@H](C)C1. The summed E-state index contributed by atoms with van der Waals surface area (Å²) in [6, 6.07) is 16.2. The smallest absolute Gasteiger partial charge is 0.246 e. The molecule has 6 nitrogen and oxygen atoms in total. The van der Waals surface area contributed by atoms with Gasteiger partial charge in [0, 0.05) is 42.2 Å². The second kappa shape index (κ2) is 11.7. The van der Waals surface area contributed by atoms with Crippen LogP contribution in [0.25, 0.3) is 33.3 Å². The van der Waals surface area contributed by atoms with Crippen molar-refractivity contribution in [1.29, 1.82) is 0 Å². The Hall–Kier alpha value is -3.81. The fourth-order valence-electron chi connectivity index (χ4n) is 5.54. The average Bonchev–Trinajstić information content (AvgIpc) is 2.97. The van der Waals surface area contributed by atoms with Crippen molar-refractivity contribution < 1.29 is 14.3 Å². The molecule has 1 atom stereocenters. The van der Waals surface area contributed by atoms with Crippen molar-refractivity contribution >= 4 is 34.2 Å². The van der Waals surface area contributed by atoms with E-state index < -0.39 is 5.82 Å². The summed E-state index contributed by atoms with van der Waals surface area (Å²) in [5, 5.41) is 11.6. The van der Waals surface area contributed by atoms with Gasteiger partial charge in [-0.25, -0.2) is 14.4 Å². The van der Waals surface area contributed by atoms with Crippen LogP contribution in [-0.4, -0.2) is 51.6 Å². The summed E-state index contributed by atoms with van der Waals surface area (Å²) in [4.78, 5) is 26.2. The van der Waals surface area contributed by atoms with Crippen LogP contribution in [0.2, 0.25) is 5.02 Å². The number of amides is 1. The van der Waals surface area contributed by atoms with Crippen LogP contribution in [0.3, 0.4) is 0 Å². The molecule has 1 N–H and O–H groups in total. The normalized spacial score (nSPS) is 15.5. The van der Waals surface area contributed by atoms with Gasteiger partial charge in [-0.1, -0.05) is 67.9 Å². The van der Waals surface area contributed by atoms with Crippen molar-refractivity contribution in [2.45, 2.75) is 39.3 Å². The number of hydrogen-bond donors (Lipinski definition) is 1. The van der Waals surface area contributed by atoms with E-state index >= 15 is 0 Å². The minimum Gasteiger partial charge on any atom is -0.390 e. The maximum Gasteiger partial charge on any atom is 0.246 e. The molecule has 0 spiro atoms. The Labute approximate surface area is 238 Å². The van der Waals surface area contributed by atoms with Crippen molar-refractivity contribution in [2.24, 2.45) is 0 Å². The molecular formula is C32H32ClFN4O2. The predicted molar refractivity (Wildman–Crippen MR) is 159 cm³/mol. The van der Waals surface area contributed by atoms with Crippen LogP contribution in [0.1, 0.15) is 31.5 Å². The molecule has 0 bridgehead atoms. The van der Waals surface area contributed by atoms with E-state index in [9.17, 15) is 14.3 Å². The molecule has 3 heterocycles. The molecule has 0 saturated carbocycles. The molecule has 1 aliphatic heterocycles. The standard InChI is InChI=1S/C32H32ClFN4O2/c1-4-10-21-11-6-7-12-22(21)29-27(19-39)35-32(38-16-15-37(18-20(38)3)28(40)5-2)24-17-25(33)30(36-31(24)29)23-13-8-9-14-26(23)34/h5-9,11-14,17,20,39H,2,4,10,15-16,18-19H2,1,3H3/t20-/m0/s1. The van der Waals surface area contributed by atoms with E-state index in [1.807, 2.05) is 25.1 Å². The van der Waals surface area contributed by atoms with Crippen LogP contribution < -0.4 is 4.90 Å². The van der Waals surface area contributed by atoms with Crippen LogP contribution in [-0.2, 0) is 17.8 Å². The first-order chi connectivity index (χ1) is 19.4. The van der Waals surface area contributed by atoms with Crippen molar-refractivity contribution in [1.82, 2.24) is 14.9 Å². The molecule has 4 aromatic rings. The highest BCUT2D eigenvalue weighted by molar-refractivity contribution is 6.34. The van der Waals surface area contributed by atoms with Crippen LogP contribution in [0.15, 0.2) is 67.3 Å². The molecule has 1 saturated heterocycles. The number of rotatable bonds is 7. The molecule has 0 radical (unpaired) electrons. The first-order valence-electron chi connectivity index (χ1n) is 13.5. The number of carbonyl (C=O) groups is 1. The lowest BCUT2D eigenvalue weighted by Crippen LogP contribution is -2.53. The number of fused-ring (bicyclic) bond motifs is 1. The molecule has 5 rings (SSSR count). The lowest BCUT2D eigenvalue weighted by Gasteiger charge is -2.41. The summed E-state index contributed by atoms with van der Waals surface area (Å²) in [6.07, 6.45) is 3.12. The van der Waals surface area contributed by atoms with Crippen LogP contribution in [0.5, 0.6) is 0 Å². The number of aromatic nitrogens is 2. The highest BCUT2D eigenvalue weighted by Gasteiger charge is 2.30. The minimum absolute atomic E-state index is 0.0665. The number of aryl methyl sites for hydroxylation is 1. The summed E-state index contributed by atoms with van der Waals surface area (Å²) in [6.45, 7) is 9.00. The second-order valence-electron chi connectivity index (χ2n) is 10.0. The average molecular weight is 559 g/mol. The number of aliphatic hydroxyl groups excluding tert-OH is 1. The fourth-order valence-corrected chi connectivity index (χ4v) is 5.80. The Bertz CT molecular complexity index is 1590. The number of nitrogens with zero attached hydrogens (tertiary/aromatic N) is 4. The van der Waals surface area contributed by atoms with E-state index in [-0.39, 0.29) is 18.6 Å². The summed E-state index contributed by atoms with van der Waals surface area (Å²) < 4.78 is 14.9. The number of piperazine rings is 1. The summed E-state index contributed by atoms with van der Waals surface area (Å²) >= 11 is 6.80. The quantitative estimate of drug-likeness (QED) is 0.265. The molecule has 0 unspecified atom stereocenters. The van der Waals surface area contributed by atoms with E-state index in [1.54, 1.807) is 29.2 Å². The molecule has 2 aromatic carbocycles. The molecule has 1 fully saturated rings. The topological polar surface area (TPSA) is 69.6 Å². The lowest BCUT2D eigenvalue weighted by atomic mass is 9.93. The Morgan fingerprint density at radius 1 is 1.15 bits per heavy atom. The third kappa shape index (κ3) is 5.07. The van der Waals surface area contributed by atoms with Gasteiger partial charge in [0.15, 0.2) is 0 Å². The Kier molecular flexibility index (Phi) is 8.14. The molecular weight excluding hydrogens is 527 g/mol. The number of hydrogen-bond acceptors (Lipinski definition) is 5. The van der Waals surface area contributed by atoms with Gasteiger partial charge >= 0.3 is 0 Å². The number of benzene rings is 2. The van der Waals surface area contributed by atoms with Gasteiger partial charge in [0.05, 0.1) is 28.5 Å². The van der Waals surface area contributed by atoms with Gasteiger partial charge in [0.2, 0.25) is 5.91 Å². The molecule has 1 aliphatic rings. The Morgan fingerprint density at radius 2 is 1.88 bits per heavy atom. The number of anilines is 1. The number of pyridine rings is 2. The Morgan fingerprint density at radius 3 is 2.55 bits per heavy atom. The van der Waals surface area contributed by atoms with Gasteiger partial charge in [-0.15, -0.1) is 0 Å². The molecule has 1 amide bonds. The third-order valence-corrected chi connectivity index (χ3v) is 7.74. The van der Waals surface area contributed by atoms with E-state index in [1.165, 1.54) is 12.1 Å². The molecule has 2 aromatic heterocycles. The van der Waals surface area contributed by atoms with Crippen LogP contribution >= 0.6 is 11.6 Å². The van der Waals surface area contributed by atoms with Gasteiger partial charge in [-0.2, -0.15) is 0 Å². The molecule has 8 heteroatoms. The van der Waals surface area contributed by atoms with Crippen LogP contribution in [0, 0.1) is 5.82 Å². The summed E-state index contributed by atoms with van der Waals surface area (Å²) in [5.41, 5.74) is 4.47. The van der Waals surface area contributed by atoms with E-state index in [2.05, 4.69) is 24.5 Å². The van der Waals surface area contributed by atoms with E-state index in [0.717, 1.165) is 24.0 Å². The minimum atomic E-state index is -0.419. The zero-order chi connectivity index (χ0) is 28.4. The van der Waals surface area contributed by atoms with E-state index in [0.29, 0.717) is 63.9 Å². The van der Waals surface area contributed by atoms with Crippen molar-refractivity contribution in [3.8, 4) is 22.4 Å². The first-order valence-corrected chi connectivity index (χ1v) is 13.9. The van der Waals surface area contributed by atoms with Crippen molar-refractivity contribution in [3.63, 3.8) is 0 Å². The molecule has 0 aliphatic carbocycles. The highest BCUT2D eigenvalue weighted by Crippen LogP contribution is 2.41.